The van der Waals surface area contributed by atoms with Crippen LogP contribution in [0.2, 0.25) is 0 Å². The molecule has 0 saturated heterocycles. The van der Waals surface area contributed by atoms with Crippen LogP contribution in [-0.2, 0) is 11.3 Å². The van der Waals surface area contributed by atoms with Crippen molar-refractivity contribution in [2.45, 2.75) is 26.4 Å². The molecule has 0 aliphatic carbocycles. The molecule has 1 heterocycles. The van der Waals surface area contributed by atoms with E-state index in [1.807, 2.05) is 12.3 Å². The second-order valence-corrected chi connectivity index (χ2v) is 3.99. The summed E-state index contributed by atoms with van der Waals surface area (Å²) in [7, 11) is 1.72. The summed E-state index contributed by atoms with van der Waals surface area (Å²) in [5.41, 5.74) is 7.55. The van der Waals surface area contributed by atoms with Gasteiger partial charge < -0.3 is 15.4 Å². The molecule has 4 nitrogen and oxygen atoms in total. The Balaban J connectivity index is 2.75. The lowest BCUT2D eigenvalue weighted by molar-refractivity contribution is 0.204. The van der Waals surface area contributed by atoms with E-state index < -0.39 is 0 Å². The van der Waals surface area contributed by atoms with Gasteiger partial charge in [0.1, 0.15) is 0 Å². The maximum atomic E-state index is 5.52. The molecule has 0 amide bonds. The summed E-state index contributed by atoms with van der Waals surface area (Å²) in [4.78, 5) is 6.56. The smallest absolute Gasteiger partial charge is 0.0637 e. The molecular weight excluding hydrogens is 202 g/mol. The third-order valence-corrected chi connectivity index (χ3v) is 2.51. The molecule has 1 aromatic rings. The predicted octanol–water partition coefficient (Wildman–Crippen LogP) is 1.40. The Morgan fingerprint density at radius 2 is 2.19 bits per heavy atom. The summed E-state index contributed by atoms with van der Waals surface area (Å²) in [6.45, 7) is 6.40. The van der Waals surface area contributed by atoms with Gasteiger partial charge in [0.05, 0.1) is 24.2 Å². The lowest BCUT2D eigenvalue weighted by atomic mass is 10.2. The molecule has 0 radical (unpaired) electrons. The van der Waals surface area contributed by atoms with E-state index in [0.717, 1.165) is 24.5 Å². The van der Waals surface area contributed by atoms with E-state index >= 15 is 0 Å². The minimum atomic E-state index is 0.431. The summed E-state index contributed by atoms with van der Waals surface area (Å²) in [6.07, 6.45) is 1.87. The molecule has 1 rings (SSSR count). The molecule has 0 atom stereocenters. The van der Waals surface area contributed by atoms with Crippen LogP contribution in [0.25, 0.3) is 0 Å². The van der Waals surface area contributed by atoms with Crippen LogP contribution >= 0.6 is 0 Å². The highest BCUT2D eigenvalue weighted by Crippen LogP contribution is 2.15. The van der Waals surface area contributed by atoms with Gasteiger partial charge in [-0.2, -0.15) is 0 Å². The zero-order valence-corrected chi connectivity index (χ0v) is 10.3. The van der Waals surface area contributed by atoms with Crippen LogP contribution in [0.4, 0.5) is 5.69 Å². The first-order valence-corrected chi connectivity index (χ1v) is 5.59. The molecule has 0 spiro atoms. The molecule has 0 aliphatic rings. The quantitative estimate of drug-likeness (QED) is 0.792. The molecule has 4 heteroatoms. The van der Waals surface area contributed by atoms with Gasteiger partial charge >= 0.3 is 0 Å². The van der Waals surface area contributed by atoms with Gasteiger partial charge in [-0.3, -0.25) is 4.98 Å². The molecule has 0 aromatic carbocycles. The lowest BCUT2D eigenvalue weighted by Crippen LogP contribution is -2.33. The number of anilines is 1. The maximum absolute atomic E-state index is 5.52. The van der Waals surface area contributed by atoms with E-state index in [0.29, 0.717) is 12.6 Å². The Morgan fingerprint density at radius 3 is 2.62 bits per heavy atom. The van der Waals surface area contributed by atoms with Crippen molar-refractivity contribution >= 4 is 5.69 Å². The molecule has 0 bridgehead atoms. The van der Waals surface area contributed by atoms with Crippen molar-refractivity contribution in [3.8, 4) is 0 Å². The summed E-state index contributed by atoms with van der Waals surface area (Å²) >= 11 is 0. The van der Waals surface area contributed by atoms with Crippen molar-refractivity contribution < 1.29 is 4.74 Å². The average molecular weight is 223 g/mol. The number of hydrogen-bond acceptors (Lipinski definition) is 4. The molecule has 2 N–H and O–H groups in total. The van der Waals surface area contributed by atoms with Crippen LogP contribution in [0.3, 0.4) is 0 Å². The Bertz CT molecular complexity index is 298. The van der Waals surface area contributed by atoms with Crippen molar-refractivity contribution in [1.82, 2.24) is 4.98 Å². The van der Waals surface area contributed by atoms with Crippen molar-refractivity contribution in [3.63, 3.8) is 0 Å². The summed E-state index contributed by atoms with van der Waals surface area (Å²) in [5.74, 6) is 0. The molecular formula is C12H21N3O. The average Bonchev–Trinajstić information content (AvgIpc) is 2.30. The van der Waals surface area contributed by atoms with Gasteiger partial charge in [0, 0.05) is 26.2 Å². The standard InChI is InChI=1S/C12H21N3O/c1-10(2)15(6-7-16-3)12-5-4-11(8-13)14-9-12/h4-5,9-10H,6-8,13H2,1-3H3. The van der Waals surface area contributed by atoms with Gasteiger partial charge in [0.2, 0.25) is 0 Å². The van der Waals surface area contributed by atoms with Gasteiger partial charge in [-0.15, -0.1) is 0 Å². The third kappa shape index (κ3) is 3.47. The Kier molecular flexibility index (Phi) is 5.22. The zero-order chi connectivity index (χ0) is 12.0. The fourth-order valence-electron chi connectivity index (χ4n) is 1.58. The minimum absolute atomic E-state index is 0.431. The number of hydrogen-bond donors (Lipinski definition) is 1. The van der Waals surface area contributed by atoms with Crippen LogP contribution in [0.1, 0.15) is 19.5 Å². The SMILES string of the molecule is COCCN(c1ccc(CN)nc1)C(C)C. The van der Waals surface area contributed by atoms with E-state index in [4.69, 9.17) is 10.5 Å². The van der Waals surface area contributed by atoms with Crippen molar-refractivity contribution in [2.24, 2.45) is 5.73 Å². The summed E-state index contributed by atoms with van der Waals surface area (Å²) < 4.78 is 5.11. The lowest BCUT2D eigenvalue weighted by Gasteiger charge is -2.28. The first kappa shape index (κ1) is 12.9. The predicted molar refractivity (Wildman–Crippen MR) is 66.5 cm³/mol. The fourth-order valence-corrected chi connectivity index (χ4v) is 1.58. The monoisotopic (exact) mass is 223 g/mol. The highest BCUT2D eigenvalue weighted by Gasteiger charge is 2.10. The minimum Gasteiger partial charge on any atom is -0.383 e. The van der Waals surface area contributed by atoms with E-state index in [9.17, 15) is 0 Å². The van der Waals surface area contributed by atoms with E-state index in [1.165, 1.54) is 0 Å². The van der Waals surface area contributed by atoms with Gasteiger partial charge in [-0.1, -0.05) is 0 Å². The largest absolute Gasteiger partial charge is 0.383 e. The van der Waals surface area contributed by atoms with Crippen molar-refractivity contribution in [2.75, 3.05) is 25.2 Å². The number of ether oxygens (including phenoxy) is 1. The van der Waals surface area contributed by atoms with Crippen LogP contribution in [0.15, 0.2) is 18.3 Å². The van der Waals surface area contributed by atoms with E-state index in [1.54, 1.807) is 7.11 Å². The van der Waals surface area contributed by atoms with Gasteiger partial charge in [0.15, 0.2) is 0 Å². The Labute approximate surface area is 97.4 Å². The second kappa shape index (κ2) is 6.45. The van der Waals surface area contributed by atoms with E-state index in [-0.39, 0.29) is 0 Å². The summed E-state index contributed by atoms with van der Waals surface area (Å²) in [5, 5.41) is 0. The highest BCUT2D eigenvalue weighted by molar-refractivity contribution is 5.45. The van der Waals surface area contributed by atoms with Crippen LogP contribution in [0, 0.1) is 0 Å². The fraction of sp³-hybridized carbons (Fsp3) is 0.583. The number of aromatic nitrogens is 1. The maximum Gasteiger partial charge on any atom is 0.0637 e. The highest BCUT2D eigenvalue weighted by atomic mass is 16.5. The van der Waals surface area contributed by atoms with Crippen LogP contribution in [0.5, 0.6) is 0 Å². The zero-order valence-electron chi connectivity index (χ0n) is 10.3. The number of nitrogens with two attached hydrogens (primary N) is 1. The van der Waals surface area contributed by atoms with Gasteiger partial charge in [0.25, 0.3) is 0 Å². The molecule has 90 valence electrons. The molecule has 0 unspecified atom stereocenters. The van der Waals surface area contributed by atoms with Crippen molar-refractivity contribution in [3.05, 3.63) is 24.0 Å². The van der Waals surface area contributed by atoms with Gasteiger partial charge in [-0.05, 0) is 26.0 Å². The molecule has 0 aliphatic heterocycles. The normalized spacial score (nSPS) is 10.8. The van der Waals surface area contributed by atoms with Crippen LogP contribution in [-0.4, -0.2) is 31.3 Å². The number of rotatable bonds is 6. The molecule has 16 heavy (non-hydrogen) atoms. The Hall–Kier alpha value is -1.13. The Morgan fingerprint density at radius 1 is 1.44 bits per heavy atom. The second-order valence-electron chi connectivity index (χ2n) is 3.99. The first-order valence-electron chi connectivity index (χ1n) is 5.59. The first-order chi connectivity index (χ1) is 7.69. The van der Waals surface area contributed by atoms with Crippen LogP contribution < -0.4 is 10.6 Å². The van der Waals surface area contributed by atoms with E-state index in [2.05, 4.69) is 29.8 Å². The molecule has 1 aromatic heterocycles. The third-order valence-electron chi connectivity index (χ3n) is 2.51. The number of nitrogens with zero attached hydrogens (tertiary/aromatic N) is 2. The summed E-state index contributed by atoms with van der Waals surface area (Å²) in [6, 6.07) is 4.46. The molecule has 0 saturated carbocycles. The topological polar surface area (TPSA) is 51.4 Å². The van der Waals surface area contributed by atoms with Gasteiger partial charge in [-0.25, -0.2) is 0 Å². The number of methoxy groups -OCH3 is 1. The number of pyridine rings is 1. The van der Waals surface area contributed by atoms with Crippen molar-refractivity contribution in [1.29, 1.82) is 0 Å². The molecule has 0 fully saturated rings.